The molecule has 0 bridgehead atoms. The summed E-state index contributed by atoms with van der Waals surface area (Å²) in [5.41, 5.74) is 4.60. The van der Waals surface area contributed by atoms with Crippen LogP contribution in [0.1, 0.15) is 57.1 Å². The molecule has 3 unspecified atom stereocenters. The highest BCUT2D eigenvalue weighted by atomic mass is 127. The van der Waals surface area contributed by atoms with Gasteiger partial charge in [0.25, 0.3) is 0 Å². The zero-order chi connectivity index (χ0) is 25.8. The molecule has 2 fully saturated rings. The number of alkyl halides is 1. The molecule has 1 aromatic carbocycles. The quantitative estimate of drug-likeness (QED) is 0.317. The number of carbonyl (C=O) groups excluding carboxylic acids is 2. The summed E-state index contributed by atoms with van der Waals surface area (Å²) >= 11 is 2.14. The van der Waals surface area contributed by atoms with E-state index in [-0.39, 0.29) is 34.6 Å². The standard InChI is InChI=1S/C27H38IN5O3/c1-4-33-23(9-12-31-33)19-5-6-20(22(13-19)18-7-10-29-11-8-18)15-30-26(35)24-14-21(34)16-32(24)27(36)25(28)17(2)3/h5-6,9,12-13,17-18,21,24-25,29,34H,4,7-8,10-11,14-16H2,1-3H3,(H,30,35). The fourth-order valence-corrected chi connectivity index (χ4v) is 5.67. The molecule has 1 aromatic heterocycles. The number of carbonyl (C=O) groups is 2. The largest absolute Gasteiger partial charge is 0.391 e. The summed E-state index contributed by atoms with van der Waals surface area (Å²) in [5.74, 6) is 0.314. The van der Waals surface area contributed by atoms with Crippen LogP contribution in [-0.4, -0.2) is 67.3 Å². The van der Waals surface area contributed by atoms with E-state index < -0.39 is 12.1 Å². The number of aryl methyl sites for hydroxylation is 1. The van der Waals surface area contributed by atoms with Crippen LogP contribution in [0.5, 0.6) is 0 Å². The van der Waals surface area contributed by atoms with Gasteiger partial charge in [-0.05, 0) is 68.0 Å². The molecule has 3 heterocycles. The maximum atomic E-state index is 13.3. The molecule has 9 heteroatoms. The Morgan fingerprint density at radius 2 is 2.00 bits per heavy atom. The molecular weight excluding hydrogens is 569 g/mol. The third-order valence-electron chi connectivity index (χ3n) is 7.38. The first kappa shape index (κ1) is 27.1. The number of rotatable bonds is 8. The minimum atomic E-state index is -0.673. The molecule has 0 saturated carbocycles. The number of nitrogens with zero attached hydrogens (tertiary/aromatic N) is 3. The van der Waals surface area contributed by atoms with Gasteiger partial charge in [0.1, 0.15) is 6.04 Å². The molecule has 8 nitrogen and oxygen atoms in total. The second-order valence-corrected chi connectivity index (χ2v) is 11.6. The molecule has 196 valence electrons. The number of likely N-dealkylation sites (tertiary alicyclic amines) is 1. The van der Waals surface area contributed by atoms with Gasteiger partial charge in [-0.25, -0.2) is 0 Å². The smallest absolute Gasteiger partial charge is 0.243 e. The van der Waals surface area contributed by atoms with Gasteiger partial charge in [0, 0.05) is 37.8 Å². The van der Waals surface area contributed by atoms with Crippen molar-refractivity contribution in [1.29, 1.82) is 0 Å². The van der Waals surface area contributed by atoms with Crippen LogP contribution in [0.3, 0.4) is 0 Å². The monoisotopic (exact) mass is 607 g/mol. The van der Waals surface area contributed by atoms with E-state index in [4.69, 9.17) is 0 Å². The summed E-state index contributed by atoms with van der Waals surface area (Å²) in [4.78, 5) is 27.8. The van der Waals surface area contributed by atoms with Gasteiger partial charge in [0.2, 0.25) is 11.8 Å². The van der Waals surface area contributed by atoms with E-state index in [2.05, 4.69) is 63.4 Å². The number of hydrogen-bond donors (Lipinski definition) is 3. The molecule has 2 amide bonds. The van der Waals surface area contributed by atoms with Crippen molar-refractivity contribution in [2.75, 3.05) is 19.6 Å². The third kappa shape index (κ3) is 5.94. The maximum Gasteiger partial charge on any atom is 0.243 e. The Labute approximate surface area is 227 Å². The van der Waals surface area contributed by atoms with Gasteiger partial charge in [-0.15, -0.1) is 0 Å². The number of nitrogens with one attached hydrogen (secondary N) is 2. The van der Waals surface area contributed by atoms with Gasteiger partial charge < -0.3 is 20.6 Å². The lowest BCUT2D eigenvalue weighted by Gasteiger charge is -2.28. The molecule has 0 spiro atoms. The first-order chi connectivity index (χ1) is 17.3. The highest BCUT2D eigenvalue weighted by molar-refractivity contribution is 14.1. The molecular formula is C27H38IN5O3. The molecule has 2 aliphatic rings. The molecule has 3 N–H and O–H groups in total. The number of piperidine rings is 1. The fourth-order valence-electron chi connectivity index (χ4n) is 5.31. The van der Waals surface area contributed by atoms with Crippen LogP contribution in [0.4, 0.5) is 0 Å². The summed E-state index contributed by atoms with van der Waals surface area (Å²) < 4.78 is 1.77. The van der Waals surface area contributed by atoms with Crippen molar-refractivity contribution in [2.24, 2.45) is 5.92 Å². The highest BCUT2D eigenvalue weighted by Crippen LogP contribution is 2.32. The maximum absolute atomic E-state index is 13.3. The Bertz CT molecular complexity index is 1070. The van der Waals surface area contributed by atoms with E-state index in [9.17, 15) is 14.7 Å². The SMILES string of the molecule is CCn1nccc1-c1ccc(CNC(=O)C2CC(O)CN2C(=O)C(I)C(C)C)c(C2CCNCC2)c1. The molecule has 2 aromatic rings. The van der Waals surface area contributed by atoms with Crippen LogP contribution in [0.2, 0.25) is 0 Å². The van der Waals surface area contributed by atoms with Crippen LogP contribution in [0.25, 0.3) is 11.3 Å². The predicted octanol–water partition coefficient (Wildman–Crippen LogP) is 3.07. The van der Waals surface area contributed by atoms with Crippen LogP contribution in [0, 0.1) is 5.92 Å². The van der Waals surface area contributed by atoms with Gasteiger partial charge in [-0.3, -0.25) is 14.3 Å². The molecule has 3 atom stereocenters. The molecule has 2 saturated heterocycles. The van der Waals surface area contributed by atoms with Crippen molar-refractivity contribution in [3.05, 3.63) is 41.6 Å². The second kappa shape index (κ2) is 12.0. The number of β-amino-alcohol motifs (C(OH)–C–C–N with tert-alkyl or cyclic N) is 1. The summed E-state index contributed by atoms with van der Waals surface area (Å²) in [6, 6.07) is 7.89. The Morgan fingerprint density at radius 1 is 1.25 bits per heavy atom. The summed E-state index contributed by atoms with van der Waals surface area (Å²) in [7, 11) is 0. The predicted molar refractivity (Wildman–Crippen MR) is 149 cm³/mol. The number of hydrogen-bond acceptors (Lipinski definition) is 5. The van der Waals surface area contributed by atoms with Crippen LogP contribution in [0.15, 0.2) is 30.5 Å². The Balaban J connectivity index is 1.53. The number of aliphatic hydroxyl groups is 1. The number of benzene rings is 1. The molecule has 4 rings (SSSR count). The normalized spacial score (nSPS) is 21.7. The van der Waals surface area contributed by atoms with Gasteiger partial charge in [-0.2, -0.15) is 5.10 Å². The number of halogens is 1. The zero-order valence-electron chi connectivity index (χ0n) is 21.4. The van der Waals surface area contributed by atoms with Crippen molar-refractivity contribution >= 4 is 34.4 Å². The van der Waals surface area contributed by atoms with Gasteiger partial charge in [0.05, 0.1) is 15.7 Å². The molecule has 2 aliphatic heterocycles. The van der Waals surface area contributed by atoms with Crippen molar-refractivity contribution in [2.45, 2.75) is 75.1 Å². The number of aliphatic hydroxyl groups excluding tert-OH is 1. The van der Waals surface area contributed by atoms with Crippen molar-refractivity contribution in [3.63, 3.8) is 0 Å². The lowest BCUT2D eigenvalue weighted by molar-refractivity contribution is -0.138. The van der Waals surface area contributed by atoms with Gasteiger partial charge in [-0.1, -0.05) is 48.6 Å². The first-order valence-electron chi connectivity index (χ1n) is 13.1. The summed E-state index contributed by atoms with van der Waals surface area (Å²) in [5, 5.41) is 21.2. The van der Waals surface area contributed by atoms with Gasteiger partial charge >= 0.3 is 0 Å². The minimum absolute atomic E-state index is 0.0745. The first-order valence-corrected chi connectivity index (χ1v) is 14.3. The van der Waals surface area contributed by atoms with Gasteiger partial charge in [0.15, 0.2) is 0 Å². The lowest BCUT2D eigenvalue weighted by Crippen LogP contribution is -2.48. The number of aromatic nitrogens is 2. The van der Waals surface area contributed by atoms with Crippen LogP contribution < -0.4 is 10.6 Å². The highest BCUT2D eigenvalue weighted by Gasteiger charge is 2.41. The minimum Gasteiger partial charge on any atom is -0.391 e. The van der Waals surface area contributed by atoms with Crippen molar-refractivity contribution in [3.8, 4) is 11.3 Å². The van der Waals surface area contributed by atoms with Crippen LogP contribution in [-0.2, 0) is 22.7 Å². The van der Waals surface area contributed by atoms with E-state index >= 15 is 0 Å². The van der Waals surface area contributed by atoms with E-state index in [1.54, 1.807) is 4.90 Å². The van der Waals surface area contributed by atoms with Crippen molar-refractivity contribution in [1.82, 2.24) is 25.3 Å². The Hall–Kier alpha value is -1.98. The average molecular weight is 608 g/mol. The van der Waals surface area contributed by atoms with E-state index in [1.165, 1.54) is 5.56 Å². The molecule has 0 aliphatic carbocycles. The Morgan fingerprint density at radius 3 is 2.69 bits per heavy atom. The van der Waals surface area contributed by atoms with Crippen LogP contribution >= 0.6 is 22.6 Å². The lowest BCUT2D eigenvalue weighted by atomic mass is 9.85. The van der Waals surface area contributed by atoms with E-state index in [0.29, 0.717) is 12.5 Å². The summed E-state index contributed by atoms with van der Waals surface area (Å²) in [6.45, 7) is 9.47. The molecule has 36 heavy (non-hydrogen) atoms. The summed E-state index contributed by atoms with van der Waals surface area (Å²) in [6.07, 6.45) is 3.55. The average Bonchev–Trinajstić information content (AvgIpc) is 3.53. The van der Waals surface area contributed by atoms with Crippen molar-refractivity contribution < 1.29 is 14.7 Å². The Kier molecular flexibility index (Phi) is 9.05. The molecule has 0 radical (unpaired) electrons. The third-order valence-corrected chi connectivity index (χ3v) is 9.35. The second-order valence-electron chi connectivity index (χ2n) is 10.2. The topological polar surface area (TPSA) is 99.5 Å². The van der Waals surface area contributed by atoms with E-state index in [1.807, 2.05) is 30.8 Å². The number of amides is 2. The fraction of sp³-hybridized carbons (Fsp3) is 0.593. The van der Waals surface area contributed by atoms with E-state index in [0.717, 1.165) is 49.3 Å². The zero-order valence-corrected chi connectivity index (χ0v) is 23.6.